The molecule has 0 aliphatic carbocycles. The first kappa shape index (κ1) is 16.8. The topological polar surface area (TPSA) is 75.0 Å². The van der Waals surface area contributed by atoms with Crippen LogP contribution in [0.4, 0.5) is 0 Å². The van der Waals surface area contributed by atoms with Crippen LogP contribution in [-0.2, 0) is 4.79 Å². The fraction of sp³-hybridized carbons (Fsp3) is 0.333. The minimum absolute atomic E-state index is 0.0142. The molecule has 2 aromatic heterocycles. The normalized spacial score (nSPS) is 17.4. The number of piperidine rings is 1. The van der Waals surface area contributed by atoms with Crippen LogP contribution in [0.1, 0.15) is 35.8 Å². The Morgan fingerprint density at radius 1 is 1.19 bits per heavy atom. The number of fused-ring (bicyclic) bond motifs is 1. The van der Waals surface area contributed by atoms with Crippen LogP contribution in [0.25, 0.3) is 10.9 Å². The number of aryl methyl sites for hydroxylation is 1. The molecule has 0 bridgehead atoms. The lowest BCUT2D eigenvalue weighted by Crippen LogP contribution is -2.41. The lowest BCUT2D eigenvalue weighted by Gasteiger charge is -2.37. The van der Waals surface area contributed by atoms with Crippen LogP contribution in [0.5, 0.6) is 0 Å². The second-order valence-electron chi connectivity index (χ2n) is 7.08. The number of hydrogen-bond donors (Lipinski definition) is 2. The number of nitrogens with zero attached hydrogens (tertiary/aromatic N) is 2. The molecule has 3 aromatic rings. The molecule has 1 saturated heterocycles. The molecule has 1 aliphatic rings. The van der Waals surface area contributed by atoms with Gasteiger partial charge in [0, 0.05) is 34.3 Å². The maximum absolute atomic E-state index is 11.5. The first-order valence-corrected chi connectivity index (χ1v) is 9.16. The van der Waals surface area contributed by atoms with Crippen LogP contribution in [0.15, 0.2) is 48.7 Å². The van der Waals surface area contributed by atoms with E-state index in [9.17, 15) is 4.79 Å². The van der Waals surface area contributed by atoms with Gasteiger partial charge in [-0.25, -0.2) is 0 Å². The molecule has 26 heavy (non-hydrogen) atoms. The zero-order valence-electron chi connectivity index (χ0n) is 15.0. The van der Waals surface area contributed by atoms with Gasteiger partial charge in [-0.2, -0.15) is 0 Å². The van der Waals surface area contributed by atoms with Gasteiger partial charge in [0.2, 0.25) is 5.91 Å². The summed E-state index contributed by atoms with van der Waals surface area (Å²) in [7, 11) is 0. The van der Waals surface area contributed by atoms with Crippen LogP contribution < -0.4 is 5.73 Å². The smallest absolute Gasteiger partial charge is 0.220 e. The minimum Gasteiger partial charge on any atom is -0.369 e. The molecule has 1 fully saturated rings. The maximum atomic E-state index is 11.5. The highest BCUT2D eigenvalue weighted by Gasteiger charge is 2.32. The van der Waals surface area contributed by atoms with Crippen molar-refractivity contribution < 1.29 is 4.79 Å². The van der Waals surface area contributed by atoms with Crippen LogP contribution in [0.3, 0.4) is 0 Å². The SMILES string of the molecule is Cc1[nH]c2ccccc2c1[C@@H](c1ccccn1)N1CCC(C(N)=O)CC1. The summed E-state index contributed by atoms with van der Waals surface area (Å²) >= 11 is 0. The van der Waals surface area contributed by atoms with E-state index >= 15 is 0 Å². The third-order valence-corrected chi connectivity index (χ3v) is 5.48. The summed E-state index contributed by atoms with van der Waals surface area (Å²) in [5.74, 6) is -0.193. The molecule has 3 heterocycles. The lowest BCUT2D eigenvalue weighted by atomic mass is 9.91. The third-order valence-electron chi connectivity index (χ3n) is 5.48. The first-order valence-electron chi connectivity index (χ1n) is 9.16. The molecule has 3 N–H and O–H groups in total. The van der Waals surface area contributed by atoms with E-state index in [2.05, 4.69) is 52.1 Å². The first-order chi connectivity index (χ1) is 12.6. The van der Waals surface area contributed by atoms with E-state index in [0.717, 1.165) is 37.1 Å². The number of pyridine rings is 1. The van der Waals surface area contributed by atoms with Gasteiger partial charge in [-0.3, -0.25) is 14.7 Å². The molecule has 1 aromatic carbocycles. The molecule has 1 aliphatic heterocycles. The second kappa shape index (κ2) is 6.92. The number of aromatic amines is 1. The predicted octanol–water partition coefficient (Wildman–Crippen LogP) is 3.16. The number of nitrogens with two attached hydrogens (primary N) is 1. The van der Waals surface area contributed by atoms with E-state index in [-0.39, 0.29) is 17.9 Å². The van der Waals surface area contributed by atoms with Crippen molar-refractivity contribution in [3.63, 3.8) is 0 Å². The van der Waals surface area contributed by atoms with Crippen molar-refractivity contribution >= 4 is 16.8 Å². The van der Waals surface area contributed by atoms with Crippen molar-refractivity contribution in [2.45, 2.75) is 25.8 Å². The van der Waals surface area contributed by atoms with Gasteiger partial charge in [0.05, 0.1) is 11.7 Å². The van der Waals surface area contributed by atoms with Gasteiger partial charge in [0.15, 0.2) is 0 Å². The molecule has 134 valence electrons. The average molecular weight is 348 g/mol. The third kappa shape index (κ3) is 2.99. The summed E-state index contributed by atoms with van der Waals surface area (Å²) in [6.07, 6.45) is 3.46. The molecule has 0 radical (unpaired) electrons. The van der Waals surface area contributed by atoms with E-state index < -0.39 is 0 Å². The Hall–Kier alpha value is -2.66. The van der Waals surface area contributed by atoms with Gasteiger partial charge in [-0.05, 0) is 51.1 Å². The van der Waals surface area contributed by atoms with Crippen molar-refractivity contribution in [1.82, 2.24) is 14.9 Å². The van der Waals surface area contributed by atoms with Gasteiger partial charge < -0.3 is 10.7 Å². The summed E-state index contributed by atoms with van der Waals surface area (Å²) < 4.78 is 0. The van der Waals surface area contributed by atoms with Crippen LogP contribution in [-0.4, -0.2) is 33.9 Å². The molecule has 4 rings (SSSR count). The predicted molar refractivity (Wildman–Crippen MR) is 103 cm³/mol. The zero-order valence-corrected chi connectivity index (χ0v) is 15.0. The van der Waals surface area contributed by atoms with Crippen LogP contribution >= 0.6 is 0 Å². The number of nitrogens with one attached hydrogen (secondary N) is 1. The molecular formula is C21H24N4O. The zero-order chi connectivity index (χ0) is 18.1. The Bertz CT molecular complexity index is 910. The van der Waals surface area contributed by atoms with E-state index in [1.807, 2.05) is 18.3 Å². The standard InChI is InChI=1S/C21H24N4O/c1-14-19(16-6-2-3-7-17(16)24-14)20(18-8-4-5-11-23-18)25-12-9-15(10-13-25)21(22)26/h2-8,11,15,20,24H,9-10,12-13H2,1H3,(H2,22,26)/t20-/m1/s1. The number of benzene rings is 1. The summed E-state index contributed by atoms with van der Waals surface area (Å²) in [6.45, 7) is 3.81. The number of rotatable bonds is 4. The molecule has 0 unspecified atom stereocenters. The van der Waals surface area contributed by atoms with E-state index in [0.29, 0.717) is 0 Å². The monoisotopic (exact) mass is 348 g/mol. The number of likely N-dealkylation sites (tertiary alicyclic amines) is 1. The fourth-order valence-electron chi connectivity index (χ4n) is 4.15. The number of primary amides is 1. The number of amides is 1. The highest BCUT2D eigenvalue weighted by atomic mass is 16.1. The van der Waals surface area contributed by atoms with E-state index in [1.54, 1.807) is 0 Å². The Morgan fingerprint density at radius 3 is 2.62 bits per heavy atom. The number of para-hydroxylation sites is 1. The van der Waals surface area contributed by atoms with Crippen LogP contribution in [0.2, 0.25) is 0 Å². The minimum atomic E-state index is -0.178. The highest BCUT2D eigenvalue weighted by Crippen LogP contribution is 2.37. The summed E-state index contributed by atoms with van der Waals surface area (Å²) in [6, 6.07) is 14.6. The summed E-state index contributed by atoms with van der Waals surface area (Å²) in [5, 5.41) is 1.23. The van der Waals surface area contributed by atoms with Crippen molar-refractivity contribution in [1.29, 1.82) is 0 Å². The molecule has 0 spiro atoms. The number of H-pyrrole nitrogens is 1. The molecule has 0 saturated carbocycles. The molecular weight excluding hydrogens is 324 g/mol. The van der Waals surface area contributed by atoms with E-state index in [1.165, 1.54) is 16.6 Å². The quantitative estimate of drug-likeness (QED) is 0.760. The number of aromatic nitrogens is 2. The van der Waals surface area contributed by atoms with Crippen molar-refractivity contribution in [3.05, 3.63) is 65.6 Å². The number of carbonyl (C=O) groups excluding carboxylic acids is 1. The maximum Gasteiger partial charge on any atom is 0.220 e. The van der Waals surface area contributed by atoms with Gasteiger partial charge in [-0.15, -0.1) is 0 Å². The van der Waals surface area contributed by atoms with Crippen molar-refractivity contribution in [3.8, 4) is 0 Å². The average Bonchev–Trinajstić information content (AvgIpc) is 2.99. The fourth-order valence-corrected chi connectivity index (χ4v) is 4.15. The van der Waals surface area contributed by atoms with Gasteiger partial charge in [0.1, 0.15) is 0 Å². The Morgan fingerprint density at radius 2 is 1.92 bits per heavy atom. The number of carbonyl (C=O) groups is 1. The summed E-state index contributed by atoms with van der Waals surface area (Å²) in [5.41, 5.74) is 10.1. The lowest BCUT2D eigenvalue weighted by molar-refractivity contribution is -0.123. The highest BCUT2D eigenvalue weighted by molar-refractivity contribution is 5.85. The van der Waals surface area contributed by atoms with Crippen LogP contribution in [0, 0.1) is 12.8 Å². The number of hydrogen-bond acceptors (Lipinski definition) is 3. The molecule has 5 nitrogen and oxygen atoms in total. The Labute approximate surface area is 153 Å². The Kier molecular flexibility index (Phi) is 4.47. The van der Waals surface area contributed by atoms with Crippen molar-refractivity contribution in [2.75, 3.05) is 13.1 Å². The van der Waals surface area contributed by atoms with Gasteiger partial charge in [-0.1, -0.05) is 24.3 Å². The van der Waals surface area contributed by atoms with E-state index in [4.69, 9.17) is 5.73 Å². The second-order valence-corrected chi connectivity index (χ2v) is 7.08. The van der Waals surface area contributed by atoms with Gasteiger partial charge in [0.25, 0.3) is 0 Å². The largest absolute Gasteiger partial charge is 0.369 e. The molecule has 1 atom stereocenters. The van der Waals surface area contributed by atoms with Crippen molar-refractivity contribution in [2.24, 2.45) is 11.7 Å². The van der Waals surface area contributed by atoms with Gasteiger partial charge >= 0.3 is 0 Å². The molecule has 1 amide bonds. The molecule has 5 heteroatoms. The Balaban J connectivity index is 1.77. The summed E-state index contributed by atoms with van der Waals surface area (Å²) in [4.78, 5) is 22.2.